The highest BCUT2D eigenvalue weighted by atomic mass is 16.3. The summed E-state index contributed by atoms with van der Waals surface area (Å²) in [5, 5.41) is 13.7. The fourth-order valence-corrected chi connectivity index (χ4v) is 2.02. The Morgan fingerprint density at radius 1 is 1.62 bits per heavy atom. The van der Waals surface area contributed by atoms with Crippen LogP contribution in [0.3, 0.4) is 0 Å². The highest BCUT2D eigenvalue weighted by molar-refractivity contribution is 5.06. The largest absolute Gasteiger partial charge is 0.387 e. The molecule has 3 nitrogen and oxygen atoms in total. The van der Waals surface area contributed by atoms with Crippen molar-refractivity contribution in [3.8, 4) is 0 Å². The summed E-state index contributed by atoms with van der Waals surface area (Å²) in [6.45, 7) is 4.04. The molecule has 0 amide bonds. The summed E-state index contributed by atoms with van der Waals surface area (Å²) >= 11 is 0. The predicted molar refractivity (Wildman–Crippen MR) is 50.3 cm³/mol. The number of aliphatic hydroxyl groups is 1. The molecule has 13 heavy (non-hydrogen) atoms. The summed E-state index contributed by atoms with van der Waals surface area (Å²) in [7, 11) is 0. The molecule has 0 unspecified atom stereocenters. The molecular weight excluding hydrogens is 164 g/mol. The molecule has 72 valence electrons. The first-order chi connectivity index (χ1) is 6.18. The van der Waals surface area contributed by atoms with Gasteiger partial charge in [-0.25, -0.2) is 0 Å². The number of hydrogen-bond acceptors (Lipinski definition) is 2. The number of rotatable bonds is 2. The molecule has 0 aromatic carbocycles. The molecule has 2 rings (SSSR count). The summed E-state index contributed by atoms with van der Waals surface area (Å²) in [4.78, 5) is 0. The van der Waals surface area contributed by atoms with Crippen LogP contribution in [-0.4, -0.2) is 14.9 Å². The lowest BCUT2D eigenvalue weighted by atomic mass is 9.82. The monoisotopic (exact) mass is 180 g/mol. The molecule has 1 fully saturated rings. The summed E-state index contributed by atoms with van der Waals surface area (Å²) in [6, 6.07) is 2.42. The summed E-state index contributed by atoms with van der Waals surface area (Å²) in [5.41, 5.74) is 0.942. The molecule has 1 atom stereocenters. The molecule has 1 aliphatic carbocycles. The third-order valence-corrected chi connectivity index (χ3v) is 2.82. The Hall–Kier alpha value is -0.830. The van der Waals surface area contributed by atoms with Gasteiger partial charge >= 0.3 is 0 Å². The molecule has 0 saturated heterocycles. The van der Waals surface area contributed by atoms with E-state index in [1.807, 2.05) is 10.7 Å². The van der Waals surface area contributed by atoms with Crippen molar-refractivity contribution in [2.24, 2.45) is 5.92 Å². The van der Waals surface area contributed by atoms with Gasteiger partial charge in [0, 0.05) is 6.20 Å². The molecule has 1 aliphatic rings. The molecule has 1 aromatic rings. The van der Waals surface area contributed by atoms with Gasteiger partial charge in [-0.3, -0.25) is 4.68 Å². The quantitative estimate of drug-likeness (QED) is 0.755. The number of hydrogen-bond donors (Lipinski definition) is 1. The maximum absolute atomic E-state index is 9.47. The number of aromatic nitrogens is 2. The normalized spacial score (nSPS) is 29.8. The van der Waals surface area contributed by atoms with Gasteiger partial charge < -0.3 is 5.11 Å². The fourth-order valence-electron chi connectivity index (χ4n) is 2.02. The Labute approximate surface area is 78.4 Å². The van der Waals surface area contributed by atoms with E-state index in [2.05, 4.69) is 12.0 Å². The minimum atomic E-state index is -0.404. The number of nitrogens with zero attached hydrogens (tertiary/aromatic N) is 2. The van der Waals surface area contributed by atoms with E-state index < -0.39 is 6.10 Å². The SMILES string of the molecule is CC1CC(n2nccc2[C@H](C)O)C1. The molecule has 0 radical (unpaired) electrons. The molecule has 0 aliphatic heterocycles. The summed E-state index contributed by atoms with van der Waals surface area (Å²) in [5.74, 6) is 0.816. The summed E-state index contributed by atoms with van der Waals surface area (Å²) in [6.07, 6.45) is 3.76. The van der Waals surface area contributed by atoms with Gasteiger partial charge in [-0.05, 0) is 31.7 Å². The zero-order chi connectivity index (χ0) is 9.42. The van der Waals surface area contributed by atoms with Crippen LogP contribution >= 0.6 is 0 Å². The summed E-state index contributed by atoms with van der Waals surface area (Å²) < 4.78 is 1.98. The number of aliphatic hydroxyl groups excluding tert-OH is 1. The van der Waals surface area contributed by atoms with E-state index in [-0.39, 0.29) is 0 Å². The Morgan fingerprint density at radius 3 is 2.85 bits per heavy atom. The second kappa shape index (κ2) is 3.14. The maximum Gasteiger partial charge on any atom is 0.0928 e. The van der Waals surface area contributed by atoms with Gasteiger partial charge in [0.25, 0.3) is 0 Å². The Bertz CT molecular complexity index is 287. The van der Waals surface area contributed by atoms with Crippen LogP contribution in [0.15, 0.2) is 12.3 Å². The van der Waals surface area contributed by atoms with Crippen LogP contribution in [0.1, 0.15) is 44.5 Å². The van der Waals surface area contributed by atoms with Crippen molar-refractivity contribution in [2.45, 2.75) is 38.8 Å². The molecule has 3 heteroatoms. The molecule has 0 bridgehead atoms. The Morgan fingerprint density at radius 2 is 2.31 bits per heavy atom. The zero-order valence-electron chi connectivity index (χ0n) is 8.14. The topological polar surface area (TPSA) is 38.0 Å². The fraction of sp³-hybridized carbons (Fsp3) is 0.700. The van der Waals surface area contributed by atoms with E-state index in [1.54, 1.807) is 13.1 Å². The van der Waals surface area contributed by atoms with E-state index in [9.17, 15) is 5.11 Å². The van der Waals surface area contributed by atoms with E-state index in [4.69, 9.17) is 0 Å². The van der Waals surface area contributed by atoms with Gasteiger partial charge in [-0.2, -0.15) is 5.10 Å². The lowest BCUT2D eigenvalue weighted by Crippen LogP contribution is -2.27. The minimum absolute atomic E-state index is 0.404. The highest BCUT2D eigenvalue weighted by Gasteiger charge is 2.29. The smallest absolute Gasteiger partial charge is 0.0928 e. The molecule has 1 saturated carbocycles. The zero-order valence-corrected chi connectivity index (χ0v) is 8.14. The van der Waals surface area contributed by atoms with Crippen LogP contribution in [0.25, 0.3) is 0 Å². The molecule has 0 spiro atoms. The lowest BCUT2D eigenvalue weighted by molar-refractivity contribution is 0.153. The highest BCUT2D eigenvalue weighted by Crippen LogP contribution is 2.38. The van der Waals surface area contributed by atoms with Crippen LogP contribution < -0.4 is 0 Å². The second-order valence-electron chi connectivity index (χ2n) is 4.11. The standard InChI is InChI=1S/C10H16N2O/c1-7-5-9(6-7)12-10(8(2)13)3-4-11-12/h3-4,7-9,13H,5-6H2,1-2H3/t7?,8-,9?/m0/s1. The third kappa shape index (κ3) is 1.48. The van der Waals surface area contributed by atoms with Crippen LogP contribution in [0.4, 0.5) is 0 Å². The van der Waals surface area contributed by atoms with Gasteiger partial charge in [0.15, 0.2) is 0 Å². The third-order valence-electron chi connectivity index (χ3n) is 2.82. The van der Waals surface area contributed by atoms with Crippen LogP contribution in [0.2, 0.25) is 0 Å². The first kappa shape index (κ1) is 8.75. The Balaban J connectivity index is 2.16. The van der Waals surface area contributed by atoms with Gasteiger partial charge in [0.05, 0.1) is 17.8 Å². The van der Waals surface area contributed by atoms with Crippen molar-refractivity contribution >= 4 is 0 Å². The van der Waals surface area contributed by atoms with Gasteiger partial charge in [-0.1, -0.05) is 6.92 Å². The van der Waals surface area contributed by atoms with Gasteiger partial charge in [-0.15, -0.1) is 0 Å². The van der Waals surface area contributed by atoms with E-state index in [0.717, 1.165) is 11.6 Å². The first-order valence-corrected chi connectivity index (χ1v) is 4.90. The predicted octanol–water partition coefficient (Wildman–Crippen LogP) is 1.91. The molecule has 1 aromatic heterocycles. The minimum Gasteiger partial charge on any atom is -0.387 e. The van der Waals surface area contributed by atoms with Crippen molar-refractivity contribution in [1.29, 1.82) is 0 Å². The van der Waals surface area contributed by atoms with E-state index in [0.29, 0.717) is 6.04 Å². The van der Waals surface area contributed by atoms with Crippen molar-refractivity contribution < 1.29 is 5.11 Å². The van der Waals surface area contributed by atoms with E-state index in [1.165, 1.54) is 12.8 Å². The van der Waals surface area contributed by atoms with Crippen molar-refractivity contribution in [2.75, 3.05) is 0 Å². The van der Waals surface area contributed by atoms with Crippen molar-refractivity contribution in [3.63, 3.8) is 0 Å². The van der Waals surface area contributed by atoms with Crippen LogP contribution in [0, 0.1) is 5.92 Å². The lowest BCUT2D eigenvalue weighted by Gasteiger charge is -2.34. The average Bonchev–Trinajstić information content (AvgIpc) is 2.45. The Kier molecular flexibility index (Phi) is 2.12. The van der Waals surface area contributed by atoms with Crippen LogP contribution in [0.5, 0.6) is 0 Å². The van der Waals surface area contributed by atoms with Crippen molar-refractivity contribution in [1.82, 2.24) is 9.78 Å². The van der Waals surface area contributed by atoms with Gasteiger partial charge in [0.2, 0.25) is 0 Å². The molecule has 1 heterocycles. The van der Waals surface area contributed by atoms with E-state index >= 15 is 0 Å². The van der Waals surface area contributed by atoms with Gasteiger partial charge in [0.1, 0.15) is 0 Å². The maximum atomic E-state index is 9.47. The first-order valence-electron chi connectivity index (χ1n) is 4.90. The van der Waals surface area contributed by atoms with Crippen LogP contribution in [-0.2, 0) is 0 Å². The molecular formula is C10H16N2O. The second-order valence-corrected chi connectivity index (χ2v) is 4.11. The average molecular weight is 180 g/mol. The van der Waals surface area contributed by atoms with Crippen molar-refractivity contribution in [3.05, 3.63) is 18.0 Å². The molecule has 1 N–H and O–H groups in total.